The van der Waals surface area contributed by atoms with Gasteiger partial charge in [-0.2, -0.15) is 0 Å². The van der Waals surface area contributed by atoms with Gasteiger partial charge in [-0.3, -0.25) is 0 Å². The fourth-order valence-electron chi connectivity index (χ4n) is 1.73. The molecule has 0 amide bonds. The van der Waals surface area contributed by atoms with Crippen molar-refractivity contribution in [3.63, 3.8) is 0 Å². The zero-order valence-corrected chi connectivity index (χ0v) is 10.8. The minimum absolute atomic E-state index is 0.816. The van der Waals surface area contributed by atoms with E-state index in [1.165, 1.54) is 45.2 Å². The van der Waals surface area contributed by atoms with Crippen LogP contribution in [0.4, 0.5) is 0 Å². The minimum atomic E-state index is 0.816. The maximum absolute atomic E-state index is 5.63. The van der Waals surface area contributed by atoms with Crippen molar-refractivity contribution in [1.82, 2.24) is 4.90 Å². The summed E-state index contributed by atoms with van der Waals surface area (Å²) in [5.41, 5.74) is 0. The van der Waals surface area contributed by atoms with E-state index in [4.69, 9.17) is 11.6 Å². The van der Waals surface area contributed by atoms with Crippen molar-refractivity contribution < 1.29 is 0 Å². The molecule has 0 aromatic rings. The van der Waals surface area contributed by atoms with E-state index >= 15 is 0 Å². The Balaban J connectivity index is 3.38. The second-order valence-corrected chi connectivity index (χ2v) is 4.57. The summed E-state index contributed by atoms with van der Waals surface area (Å²) >= 11 is 5.63. The van der Waals surface area contributed by atoms with Gasteiger partial charge < -0.3 is 4.90 Å². The van der Waals surface area contributed by atoms with E-state index in [1.54, 1.807) is 0 Å². The van der Waals surface area contributed by atoms with Crippen molar-refractivity contribution >= 4 is 11.6 Å². The summed E-state index contributed by atoms with van der Waals surface area (Å²) in [7, 11) is 2.24. The number of hydrogen-bond acceptors (Lipinski definition) is 1. The van der Waals surface area contributed by atoms with Gasteiger partial charge in [0.25, 0.3) is 0 Å². The van der Waals surface area contributed by atoms with Gasteiger partial charge in [-0.25, -0.2) is 0 Å². The van der Waals surface area contributed by atoms with Crippen molar-refractivity contribution in [2.75, 3.05) is 26.0 Å². The highest BCUT2D eigenvalue weighted by atomic mass is 35.5. The topological polar surface area (TPSA) is 3.24 Å². The zero-order valence-electron chi connectivity index (χ0n) is 10.1. The van der Waals surface area contributed by atoms with Crippen LogP contribution in [0.2, 0.25) is 0 Å². The van der Waals surface area contributed by atoms with Crippen LogP contribution < -0.4 is 0 Å². The zero-order chi connectivity index (χ0) is 10.8. The number of nitrogens with zero attached hydrogens (tertiary/aromatic N) is 1. The quantitative estimate of drug-likeness (QED) is 0.422. The normalized spacial score (nSPS) is 11.6. The van der Waals surface area contributed by atoms with Crippen molar-refractivity contribution in [3.05, 3.63) is 0 Å². The Morgan fingerprint density at radius 2 is 1.71 bits per heavy atom. The first-order chi connectivity index (χ1) is 6.74. The molecule has 0 radical (unpaired) electrons. The summed E-state index contributed by atoms with van der Waals surface area (Å²) in [6.07, 6.45) is 6.35. The average molecular weight is 220 g/mol. The molecule has 0 N–H and O–H groups in total. The second kappa shape index (κ2) is 9.79. The Labute approximate surface area is 94.8 Å². The van der Waals surface area contributed by atoms with Crippen LogP contribution in [0.25, 0.3) is 0 Å². The number of rotatable bonds is 9. The summed E-state index contributed by atoms with van der Waals surface area (Å²) in [6.45, 7) is 7.06. The van der Waals surface area contributed by atoms with Crippen LogP contribution in [0.3, 0.4) is 0 Å². The van der Waals surface area contributed by atoms with Crippen LogP contribution in [0, 0.1) is 5.92 Å². The van der Waals surface area contributed by atoms with Crippen molar-refractivity contribution in [3.8, 4) is 0 Å². The number of halogens is 1. The number of unbranched alkanes of at least 4 members (excludes halogenated alkanes) is 2. The van der Waals surface area contributed by atoms with Crippen LogP contribution in [-0.2, 0) is 0 Å². The molecule has 0 aromatic carbocycles. The van der Waals surface area contributed by atoms with Crippen LogP contribution in [0.15, 0.2) is 0 Å². The monoisotopic (exact) mass is 219 g/mol. The van der Waals surface area contributed by atoms with Crippen LogP contribution in [0.1, 0.15) is 46.0 Å². The van der Waals surface area contributed by atoms with Gasteiger partial charge in [0, 0.05) is 12.4 Å². The first-order valence-electron chi connectivity index (χ1n) is 5.99. The lowest BCUT2D eigenvalue weighted by atomic mass is 10.0. The fraction of sp³-hybridized carbons (Fsp3) is 1.00. The highest BCUT2D eigenvalue weighted by Crippen LogP contribution is 2.09. The van der Waals surface area contributed by atoms with E-state index in [0.29, 0.717) is 0 Å². The molecule has 0 fully saturated rings. The third-order valence-corrected chi connectivity index (χ3v) is 3.17. The highest BCUT2D eigenvalue weighted by molar-refractivity contribution is 6.17. The lowest BCUT2D eigenvalue weighted by Crippen LogP contribution is -2.26. The van der Waals surface area contributed by atoms with Gasteiger partial charge in [-0.1, -0.05) is 33.1 Å². The number of hydrogen-bond donors (Lipinski definition) is 0. The smallest absolute Gasteiger partial charge is 0.0223 e. The van der Waals surface area contributed by atoms with Crippen molar-refractivity contribution in [2.24, 2.45) is 5.92 Å². The van der Waals surface area contributed by atoms with Crippen LogP contribution in [0.5, 0.6) is 0 Å². The Bertz CT molecular complexity index is 113. The first kappa shape index (κ1) is 14.2. The first-order valence-corrected chi connectivity index (χ1v) is 6.52. The Morgan fingerprint density at radius 3 is 2.21 bits per heavy atom. The third kappa shape index (κ3) is 7.64. The molecule has 0 aliphatic carbocycles. The van der Waals surface area contributed by atoms with Gasteiger partial charge >= 0.3 is 0 Å². The van der Waals surface area contributed by atoms with E-state index in [9.17, 15) is 0 Å². The molecule has 1 nitrogen and oxygen atoms in total. The molecule has 0 bridgehead atoms. The van der Waals surface area contributed by atoms with E-state index in [-0.39, 0.29) is 0 Å². The fourth-order valence-corrected chi connectivity index (χ4v) is 1.92. The molecular formula is C12H26ClN. The predicted octanol–water partition coefficient (Wildman–Crippen LogP) is 3.76. The summed E-state index contributed by atoms with van der Waals surface area (Å²) in [6, 6.07) is 0. The van der Waals surface area contributed by atoms with Gasteiger partial charge in [-0.05, 0) is 32.4 Å². The molecule has 14 heavy (non-hydrogen) atoms. The number of alkyl halides is 1. The maximum Gasteiger partial charge on any atom is 0.0223 e. The summed E-state index contributed by atoms with van der Waals surface area (Å²) in [4.78, 5) is 2.46. The standard InChI is InChI=1S/C12H26ClN/c1-4-12(5-2)11-14(3)10-8-6-7-9-13/h12H,4-11H2,1-3H3. The largest absolute Gasteiger partial charge is 0.306 e. The van der Waals surface area contributed by atoms with Gasteiger partial charge in [0.15, 0.2) is 0 Å². The SMILES string of the molecule is CCC(CC)CN(C)CCCCCCl. The molecule has 0 aliphatic heterocycles. The van der Waals surface area contributed by atoms with E-state index < -0.39 is 0 Å². The molecule has 0 saturated heterocycles. The molecule has 0 spiro atoms. The molecule has 0 unspecified atom stereocenters. The summed E-state index contributed by atoms with van der Waals surface area (Å²) in [5.74, 6) is 1.70. The lowest BCUT2D eigenvalue weighted by molar-refractivity contribution is 0.262. The van der Waals surface area contributed by atoms with Gasteiger partial charge in [-0.15, -0.1) is 11.6 Å². The maximum atomic E-state index is 5.63. The molecule has 0 heterocycles. The summed E-state index contributed by atoms with van der Waals surface area (Å²) < 4.78 is 0. The predicted molar refractivity (Wildman–Crippen MR) is 66.1 cm³/mol. The Morgan fingerprint density at radius 1 is 1.07 bits per heavy atom. The van der Waals surface area contributed by atoms with Crippen LogP contribution in [-0.4, -0.2) is 30.9 Å². The van der Waals surface area contributed by atoms with E-state index in [2.05, 4.69) is 25.8 Å². The lowest BCUT2D eigenvalue weighted by Gasteiger charge is -2.22. The molecule has 2 heteroatoms. The highest BCUT2D eigenvalue weighted by Gasteiger charge is 2.06. The van der Waals surface area contributed by atoms with Crippen molar-refractivity contribution in [1.29, 1.82) is 0 Å². The molecule has 0 rings (SSSR count). The van der Waals surface area contributed by atoms with Gasteiger partial charge in [0.1, 0.15) is 0 Å². The molecule has 0 saturated carbocycles. The van der Waals surface area contributed by atoms with Crippen molar-refractivity contribution in [2.45, 2.75) is 46.0 Å². The molecule has 0 aromatic heterocycles. The average Bonchev–Trinajstić information content (AvgIpc) is 2.21. The Hall–Kier alpha value is 0.250. The minimum Gasteiger partial charge on any atom is -0.306 e. The van der Waals surface area contributed by atoms with E-state index in [1.807, 2.05) is 0 Å². The molecule has 0 atom stereocenters. The molecule has 0 aliphatic rings. The van der Waals surface area contributed by atoms with Gasteiger partial charge in [0.05, 0.1) is 0 Å². The van der Waals surface area contributed by atoms with E-state index in [0.717, 1.165) is 11.8 Å². The second-order valence-electron chi connectivity index (χ2n) is 4.19. The molecular weight excluding hydrogens is 194 g/mol. The molecule has 86 valence electrons. The Kier molecular flexibility index (Phi) is 9.97. The third-order valence-electron chi connectivity index (χ3n) is 2.90. The van der Waals surface area contributed by atoms with Crippen LogP contribution >= 0.6 is 11.6 Å². The van der Waals surface area contributed by atoms with Gasteiger partial charge in [0.2, 0.25) is 0 Å². The summed E-state index contributed by atoms with van der Waals surface area (Å²) in [5, 5.41) is 0.